The zero-order valence-electron chi connectivity index (χ0n) is 17.1. The molecule has 7 heteroatoms. The van der Waals surface area contributed by atoms with Crippen LogP contribution in [0.15, 0.2) is 78.9 Å². The van der Waals surface area contributed by atoms with Crippen molar-refractivity contribution in [1.29, 1.82) is 0 Å². The summed E-state index contributed by atoms with van der Waals surface area (Å²) in [5.74, 6) is -0.499. The highest BCUT2D eigenvalue weighted by Crippen LogP contribution is 2.18. The molecule has 0 fully saturated rings. The number of hydrogen-bond acceptors (Lipinski definition) is 4. The molecule has 158 valence electrons. The molecule has 3 N–H and O–H groups in total. The lowest BCUT2D eigenvalue weighted by Gasteiger charge is -2.12. The van der Waals surface area contributed by atoms with Crippen LogP contribution in [0.5, 0.6) is 5.75 Å². The summed E-state index contributed by atoms with van der Waals surface area (Å²) in [7, 11) is 0. The van der Waals surface area contributed by atoms with Crippen molar-refractivity contribution in [1.82, 2.24) is 5.32 Å². The second-order valence-electron chi connectivity index (χ2n) is 6.76. The van der Waals surface area contributed by atoms with Crippen molar-refractivity contribution in [2.45, 2.75) is 13.5 Å². The van der Waals surface area contributed by atoms with E-state index in [4.69, 9.17) is 4.74 Å². The summed E-state index contributed by atoms with van der Waals surface area (Å²) in [6.45, 7) is 1.56. The van der Waals surface area contributed by atoms with Crippen molar-refractivity contribution in [3.63, 3.8) is 0 Å². The molecule has 0 aromatic heterocycles. The molecule has 0 aliphatic rings. The topological polar surface area (TPSA) is 96.5 Å². The number of para-hydroxylation sites is 1. The molecule has 3 aromatic carbocycles. The normalized spacial score (nSPS) is 10.1. The van der Waals surface area contributed by atoms with Crippen LogP contribution in [-0.4, -0.2) is 24.3 Å². The van der Waals surface area contributed by atoms with Crippen LogP contribution in [0.3, 0.4) is 0 Å². The van der Waals surface area contributed by atoms with Gasteiger partial charge in [0.1, 0.15) is 5.75 Å². The van der Waals surface area contributed by atoms with Crippen molar-refractivity contribution in [2.24, 2.45) is 0 Å². The van der Waals surface area contributed by atoms with Gasteiger partial charge < -0.3 is 20.7 Å². The Morgan fingerprint density at radius 1 is 0.774 bits per heavy atom. The SMILES string of the molecule is CC(=O)Nc1ccc(NC(=O)COc2ccccc2C(=O)NCc2ccccc2)cc1. The van der Waals surface area contributed by atoms with Gasteiger partial charge in [-0.25, -0.2) is 0 Å². The molecule has 31 heavy (non-hydrogen) atoms. The third kappa shape index (κ3) is 6.71. The van der Waals surface area contributed by atoms with E-state index in [2.05, 4.69) is 16.0 Å². The van der Waals surface area contributed by atoms with Gasteiger partial charge in [-0.1, -0.05) is 42.5 Å². The van der Waals surface area contributed by atoms with Crippen LogP contribution >= 0.6 is 0 Å². The molecule has 0 atom stereocenters. The summed E-state index contributed by atoms with van der Waals surface area (Å²) < 4.78 is 5.59. The molecule has 0 unspecified atom stereocenters. The Balaban J connectivity index is 1.54. The third-order valence-corrected chi connectivity index (χ3v) is 4.28. The second kappa shape index (κ2) is 10.6. The quantitative estimate of drug-likeness (QED) is 0.522. The van der Waals surface area contributed by atoms with E-state index in [0.29, 0.717) is 29.2 Å². The fourth-order valence-electron chi connectivity index (χ4n) is 2.83. The van der Waals surface area contributed by atoms with Gasteiger partial charge in [-0.3, -0.25) is 14.4 Å². The maximum Gasteiger partial charge on any atom is 0.262 e. The fraction of sp³-hybridized carbons (Fsp3) is 0.125. The average molecular weight is 417 g/mol. The molecule has 0 bridgehead atoms. The van der Waals surface area contributed by atoms with Gasteiger partial charge in [0.25, 0.3) is 11.8 Å². The van der Waals surface area contributed by atoms with Crippen molar-refractivity contribution >= 4 is 29.1 Å². The van der Waals surface area contributed by atoms with Crippen LogP contribution in [0.2, 0.25) is 0 Å². The monoisotopic (exact) mass is 417 g/mol. The summed E-state index contributed by atoms with van der Waals surface area (Å²) in [5, 5.41) is 8.22. The molecule has 3 amide bonds. The van der Waals surface area contributed by atoms with E-state index in [1.165, 1.54) is 6.92 Å². The number of benzene rings is 3. The predicted molar refractivity (Wildman–Crippen MR) is 119 cm³/mol. The van der Waals surface area contributed by atoms with Crippen molar-refractivity contribution in [3.8, 4) is 5.75 Å². The van der Waals surface area contributed by atoms with Crippen LogP contribution in [0.25, 0.3) is 0 Å². The zero-order valence-corrected chi connectivity index (χ0v) is 17.1. The molecule has 0 heterocycles. The maximum absolute atomic E-state index is 12.6. The van der Waals surface area contributed by atoms with Crippen molar-refractivity contribution in [3.05, 3.63) is 90.0 Å². The van der Waals surface area contributed by atoms with E-state index in [9.17, 15) is 14.4 Å². The minimum atomic E-state index is -0.369. The van der Waals surface area contributed by atoms with E-state index in [0.717, 1.165) is 5.56 Å². The second-order valence-corrected chi connectivity index (χ2v) is 6.76. The summed E-state index contributed by atoms with van der Waals surface area (Å²) in [5.41, 5.74) is 2.54. The Morgan fingerprint density at radius 3 is 2.06 bits per heavy atom. The molecule has 0 saturated carbocycles. The predicted octanol–water partition coefficient (Wildman–Crippen LogP) is 3.59. The zero-order chi connectivity index (χ0) is 22.1. The molecule has 0 saturated heterocycles. The third-order valence-electron chi connectivity index (χ3n) is 4.28. The first-order valence-electron chi connectivity index (χ1n) is 9.73. The van der Waals surface area contributed by atoms with Gasteiger partial charge in [0.2, 0.25) is 5.91 Å². The van der Waals surface area contributed by atoms with E-state index in [1.54, 1.807) is 48.5 Å². The first kappa shape index (κ1) is 21.6. The van der Waals surface area contributed by atoms with Crippen molar-refractivity contribution < 1.29 is 19.1 Å². The largest absolute Gasteiger partial charge is 0.483 e. The van der Waals surface area contributed by atoms with Crippen molar-refractivity contribution in [2.75, 3.05) is 17.2 Å². The van der Waals surface area contributed by atoms with Gasteiger partial charge in [-0.15, -0.1) is 0 Å². The standard InChI is InChI=1S/C24H23N3O4/c1-17(28)26-19-11-13-20(14-12-19)27-23(29)16-31-22-10-6-5-9-21(22)24(30)25-15-18-7-3-2-4-8-18/h2-14H,15-16H2,1H3,(H,25,30)(H,26,28)(H,27,29). The minimum absolute atomic E-state index is 0.170. The van der Waals surface area contributed by atoms with Gasteiger partial charge in [-0.2, -0.15) is 0 Å². The number of hydrogen-bond donors (Lipinski definition) is 3. The average Bonchev–Trinajstić information content (AvgIpc) is 2.78. The highest BCUT2D eigenvalue weighted by molar-refractivity contribution is 5.97. The number of nitrogens with one attached hydrogen (secondary N) is 3. The Hall–Kier alpha value is -4.13. The van der Waals surface area contributed by atoms with Gasteiger partial charge in [0.05, 0.1) is 5.56 Å². The molecular formula is C24H23N3O4. The molecule has 0 aliphatic heterocycles. The Bertz CT molecular complexity index is 1050. The Morgan fingerprint density at radius 2 is 1.39 bits per heavy atom. The van der Waals surface area contributed by atoms with Crippen LogP contribution in [0, 0.1) is 0 Å². The van der Waals surface area contributed by atoms with Crippen LogP contribution in [0.1, 0.15) is 22.8 Å². The lowest BCUT2D eigenvalue weighted by molar-refractivity contribution is -0.118. The molecule has 0 aliphatic carbocycles. The number of anilines is 2. The van der Waals surface area contributed by atoms with Gasteiger partial charge in [-0.05, 0) is 42.0 Å². The van der Waals surface area contributed by atoms with E-state index in [-0.39, 0.29) is 24.3 Å². The molecule has 0 spiro atoms. The Labute approximate surface area is 180 Å². The highest BCUT2D eigenvalue weighted by atomic mass is 16.5. The fourth-order valence-corrected chi connectivity index (χ4v) is 2.83. The molecule has 3 aromatic rings. The summed E-state index contributed by atoms with van der Waals surface area (Å²) >= 11 is 0. The molecule has 0 radical (unpaired) electrons. The van der Waals surface area contributed by atoms with Gasteiger partial charge in [0.15, 0.2) is 6.61 Å². The summed E-state index contributed by atoms with van der Waals surface area (Å²) in [4.78, 5) is 35.9. The number of amides is 3. The first-order chi connectivity index (χ1) is 15.0. The first-order valence-corrected chi connectivity index (χ1v) is 9.73. The molecular weight excluding hydrogens is 394 g/mol. The maximum atomic E-state index is 12.6. The van der Waals surface area contributed by atoms with Crippen LogP contribution in [0.4, 0.5) is 11.4 Å². The highest BCUT2D eigenvalue weighted by Gasteiger charge is 2.13. The molecule has 3 rings (SSSR count). The number of carbonyl (C=O) groups is 3. The van der Waals surface area contributed by atoms with Crippen LogP contribution < -0.4 is 20.7 Å². The molecule has 7 nitrogen and oxygen atoms in total. The number of ether oxygens (including phenoxy) is 1. The van der Waals surface area contributed by atoms with E-state index in [1.807, 2.05) is 30.3 Å². The summed E-state index contributed by atoms with van der Waals surface area (Å²) in [6, 6.07) is 23.1. The van der Waals surface area contributed by atoms with E-state index < -0.39 is 0 Å². The summed E-state index contributed by atoms with van der Waals surface area (Å²) in [6.07, 6.45) is 0. The Kier molecular flexibility index (Phi) is 7.37. The lowest BCUT2D eigenvalue weighted by Crippen LogP contribution is -2.25. The lowest BCUT2D eigenvalue weighted by atomic mass is 10.1. The van der Waals surface area contributed by atoms with Gasteiger partial charge >= 0.3 is 0 Å². The van der Waals surface area contributed by atoms with Crippen LogP contribution in [-0.2, 0) is 16.1 Å². The van der Waals surface area contributed by atoms with Gasteiger partial charge in [0, 0.05) is 24.8 Å². The minimum Gasteiger partial charge on any atom is -0.483 e. The number of rotatable bonds is 8. The smallest absolute Gasteiger partial charge is 0.262 e. The van der Waals surface area contributed by atoms with E-state index >= 15 is 0 Å². The number of carbonyl (C=O) groups excluding carboxylic acids is 3.